The molecule has 4 heteroatoms. The first kappa shape index (κ1) is 14.6. The number of nitrogens with zero attached hydrogens (tertiary/aromatic N) is 2. The van der Waals surface area contributed by atoms with E-state index in [2.05, 4.69) is 49.5 Å². The molecular weight excluding hydrogens is 230 g/mol. The van der Waals surface area contributed by atoms with Crippen LogP contribution in [0.2, 0.25) is 0 Å². The van der Waals surface area contributed by atoms with E-state index >= 15 is 0 Å². The van der Waals surface area contributed by atoms with Crippen LogP contribution in [0.3, 0.4) is 0 Å². The first-order valence-corrected chi connectivity index (χ1v) is 7.13. The van der Waals surface area contributed by atoms with E-state index in [1.165, 1.54) is 22.8 Å². The van der Waals surface area contributed by atoms with Crippen molar-refractivity contribution in [2.24, 2.45) is 5.92 Å². The Kier molecular flexibility index (Phi) is 5.07. The molecular formula is C13H25N3S. The van der Waals surface area contributed by atoms with E-state index in [9.17, 15) is 0 Å². The summed E-state index contributed by atoms with van der Waals surface area (Å²) in [7, 11) is 2.02. The minimum absolute atomic E-state index is 0.0786. The van der Waals surface area contributed by atoms with E-state index in [1.807, 2.05) is 7.05 Å². The highest BCUT2D eigenvalue weighted by atomic mass is 32.1. The SMILES string of the molecule is CNC(CCC(C)C)c1snnc1C(C)(C)C. The molecule has 1 unspecified atom stereocenters. The second-order valence-corrected chi connectivity index (χ2v) is 6.83. The molecule has 0 fully saturated rings. The monoisotopic (exact) mass is 255 g/mol. The lowest BCUT2D eigenvalue weighted by molar-refractivity contribution is 0.458. The Balaban J connectivity index is 2.85. The Morgan fingerprint density at radius 3 is 2.35 bits per heavy atom. The Morgan fingerprint density at radius 1 is 1.24 bits per heavy atom. The van der Waals surface area contributed by atoms with E-state index in [4.69, 9.17) is 0 Å². The summed E-state index contributed by atoms with van der Waals surface area (Å²) in [5.41, 5.74) is 1.22. The van der Waals surface area contributed by atoms with Crippen molar-refractivity contribution in [3.05, 3.63) is 10.6 Å². The van der Waals surface area contributed by atoms with Crippen molar-refractivity contribution >= 4 is 11.5 Å². The molecule has 0 spiro atoms. The van der Waals surface area contributed by atoms with Crippen molar-refractivity contribution in [1.82, 2.24) is 14.9 Å². The molecule has 0 aliphatic heterocycles. The largest absolute Gasteiger partial charge is 0.312 e. The van der Waals surface area contributed by atoms with Crippen LogP contribution in [0.25, 0.3) is 0 Å². The van der Waals surface area contributed by atoms with Crippen LogP contribution in [0.15, 0.2) is 0 Å². The molecule has 0 amide bonds. The first-order chi connectivity index (χ1) is 7.86. The lowest BCUT2D eigenvalue weighted by Crippen LogP contribution is -2.21. The quantitative estimate of drug-likeness (QED) is 0.874. The van der Waals surface area contributed by atoms with Gasteiger partial charge < -0.3 is 5.32 Å². The Hall–Kier alpha value is -0.480. The summed E-state index contributed by atoms with van der Waals surface area (Å²) in [6.07, 6.45) is 2.38. The molecule has 0 bridgehead atoms. The Morgan fingerprint density at radius 2 is 1.88 bits per heavy atom. The maximum Gasteiger partial charge on any atom is 0.0857 e. The maximum atomic E-state index is 4.31. The van der Waals surface area contributed by atoms with Crippen molar-refractivity contribution in [3.63, 3.8) is 0 Å². The molecule has 0 aliphatic carbocycles. The smallest absolute Gasteiger partial charge is 0.0857 e. The third kappa shape index (κ3) is 4.03. The molecule has 0 aliphatic rings. The van der Waals surface area contributed by atoms with Gasteiger partial charge >= 0.3 is 0 Å². The topological polar surface area (TPSA) is 37.8 Å². The minimum atomic E-state index is 0.0786. The fourth-order valence-electron chi connectivity index (χ4n) is 1.85. The van der Waals surface area contributed by atoms with Gasteiger partial charge in [-0.3, -0.25) is 0 Å². The fraction of sp³-hybridized carbons (Fsp3) is 0.846. The second-order valence-electron chi connectivity index (χ2n) is 6.05. The molecule has 1 N–H and O–H groups in total. The van der Waals surface area contributed by atoms with Crippen LogP contribution in [0.5, 0.6) is 0 Å². The van der Waals surface area contributed by atoms with E-state index in [1.54, 1.807) is 0 Å². The highest BCUT2D eigenvalue weighted by Crippen LogP contribution is 2.32. The van der Waals surface area contributed by atoms with Gasteiger partial charge in [0.05, 0.1) is 10.6 Å². The van der Waals surface area contributed by atoms with Gasteiger partial charge in [0.25, 0.3) is 0 Å². The van der Waals surface area contributed by atoms with Gasteiger partial charge in [-0.2, -0.15) is 0 Å². The molecule has 1 aromatic heterocycles. The van der Waals surface area contributed by atoms with Crippen LogP contribution < -0.4 is 5.32 Å². The average molecular weight is 255 g/mol. The molecule has 1 heterocycles. The molecule has 1 rings (SSSR count). The number of hydrogen-bond donors (Lipinski definition) is 1. The molecule has 0 saturated heterocycles. The summed E-state index contributed by atoms with van der Waals surface area (Å²) in [5, 5.41) is 7.71. The van der Waals surface area contributed by atoms with Gasteiger partial charge in [0.15, 0.2) is 0 Å². The number of hydrogen-bond acceptors (Lipinski definition) is 4. The predicted molar refractivity (Wildman–Crippen MR) is 74.5 cm³/mol. The van der Waals surface area contributed by atoms with Crippen LogP contribution in [0, 0.1) is 5.92 Å². The zero-order chi connectivity index (χ0) is 13.1. The zero-order valence-electron chi connectivity index (χ0n) is 11.9. The number of aromatic nitrogens is 2. The summed E-state index contributed by atoms with van der Waals surface area (Å²) < 4.78 is 4.14. The summed E-state index contributed by atoms with van der Waals surface area (Å²) in [4.78, 5) is 1.31. The summed E-state index contributed by atoms with van der Waals surface area (Å²) in [5.74, 6) is 0.741. The van der Waals surface area contributed by atoms with Crippen molar-refractivity contribution in [2.45, 2.75) is 58.9 Å². The van der Waals surface area contributed by atoms with Crippen molar-refractivity contribution in [2.75, 3.05) is 7.05 Å². The minimum Gasteiger partial charge on any atom is -0.312 e. The van der Waals surface area contributed by atoms with Crippen LogP contribution in [-0.4, -0.2) is 16.6 Å². The van der Waals surface area contributed by atoms with Crippen LogP contribution >= 0.6 is 11.5 Å². The molecule has 1 atom stereocenters. The van der Waals surface area contributed by atoms with Gasteiger partial charge in [0.1, 0.15) is 0 Å². The average Bonchev–Trinajstić information content (AvgIpc) is 2.66. The molecule has 17 heavy (non-hydrogen) atoms. The molecule has 0 aromatic carbocycles. The van der Waals surface area contributed by atoms with Gasteiger partial charge in [-0.1, -0.05) is 39.1 Å². The summed E-state index contributed by atoms with van der Waals surface area (Å²) >= 11 is 1.54. The predicted octanol–water partition coefficient (Wildman–Crippen LogP) is 3.53. The van der Waals surface area contributed by atoms with E-state index in [0.29, 0.717) is 6.04 Å². The standard InChI is InChI=1S/C13H25N3S/c1-9(2)7-8-10(14-6)11-12(13(3,4)5)15-16-17-11/h9-10,14H,7-8H2,1-6H3. The molecule has 0 radical (unpaired) electrons. The second kappa shape index (κ2) is 5.91. The first-order valence-electron chi connectivity index (χ1n) is 6.36. The number of rotatable bonds is 5. The Labute approximate surface area is 109 Å². The third-order valence-corrected chi connectivity index (χ3v) is 3.76. The van der Waals surface area contributed by atoms with Gasteiger partial charge in [0, 0.05) is 11.5 Å². The van der Waals surface area contributed by atoms with E-state index in [-0.39, 0.29) is 5.41 Å². The van der Waals surface area contributed by atoms with E-state index in [0.717, 1.165) is 18.0 Å². The zero-order valence-corrected chi connectivity index (χ0v) is 12.7. The molecule has 98 valence electrons. The van der Waals surface area contributed by atoms with Gasteiger partial charge in [-0.15, -0.1) is 5.10 Å². The van der Waals surface area contributed by atoms with Gasteiger partial charge in [0.2, 0.25) is 0 Å². The Bertz CT molecular complexity index is 339. The molecule has 0 saturated carbocycles. The van der Waals surface area contributed by atoms with Gasteiger partial charge in [-0.25, -0.2) is 0 Å². The highest BCUT2D eigenvalue weighted by Gasteiger charge is 2.26. The van der Waals surface area contributed by atoms with Gasteiger partial charge in [-0.05, 0) is 37.3 Å². The molecule has 3 nitrogen and oxygen atoms in total. The van der Waals surface area contributed by atoms with Crippen LogP contribution in [0.1, 0.15) is 64.1 Å². The van der Waals surface area contributed by atoms with Crippen LogP contribution in [0.4, 0.5) is 0 Å². The lowest BCUT2D eigenvalue weighted by Gasteiger charge is -2.22. The van der Waals surface area contributed by atoms with Crippen molar-refractivity contribution in [1.29, 1.82) is 0 Å². The fourth-order valence-corrected chi connectivity index (χ4v) is 2.86. The summed E-state index contributed by atoms with van der Waals surface area (Å²) in [6.45, 7) is 11.1. The van der Waals surface area contributed by atoms with Crippen molar-refractivity contribution in [3.8, 4) is 0 Å². The lowest BCUT2D eigenvalue weighted by atomic mass is 9.89. The number of nitrogens with one attached hydrogen (secondary N) is 1. The van der Waals surface area contributed by atoms with Crippen LogP contribution in [-0.2, 0) is 5.41 Å². The molecule has 1 aromatic rings. The third-order valence-electron chi connectivity index (χ3n) is 2.92. The van der Waals surface area contributed by atoms with E-state index < -0.39 is 0 Å². The normalized spacial score (nSPS) is 14.3. The summed E-state index contributed by atoms with van der Waals surface area (Å²) in [6, 6.07) is 0.395. The van der Waals surface area contributed by atoms with Crippen molar-refractivity contribution < 1.29 is 0 Å². The maximum absolute atomic E-state index is 4.31. The highest BCUT2D eigenvalue weighted by molar-refractivity contribution is 7.05.